The highest BCUT2D eigenvalue weighted by Crippen LogP contribution is 2.19. The summed E-state index contributed by atoms with van der Waals surface area (Å²) in [5.74, 6) is 1.58. The van der Waals surface area contributed by atoms with Crippen molar-refractivity contribution in [1.82, 2.24) is 15.5 Å². The summed E-state index contributed by atoms with van der Waals surface area (Å²) in [5.41, 5.74) is 1.34. The van der Waals surface area contributed by atoms with Crippen molar-refractivity contribution in [3.05, 3.63) is 21.9 Å². The van der Waals surface area contributed by atoms with Crippen LogP contribution < -0.4 is 10.6 Å². The van der Waals surface area contributed by atoms with Gasteiger partial charge in [0.05, 0.1) is 19.8 Å². The molecule has 0 aromatic carbocycles. The van der Waals surface area contributed by atoms with Crippen molar-refractivity contribution < 1.29 is 4.74 Å². The third-order valence-corrected chi connectivity index (χ3v) is 6.22. The molecule has 1 atom stereocenters. The normalized spacial score (nSPS) is 17.0. The van der Waals surface area contributed by atoms with Crippen LogP contribution in [0.15, 0.2) is 16.4 Å². The Balaban J connectivity index is 0.00000338. The maximum Gasteiger partial charge on any atom is 0.191 e. The minimum absolute atomic E-state index is 0. The molecule has 2 heterocycles. The predicted molar refractivity (Wildman–Crippen MR) is 123 cm³/mol. The molecular formula is C19H35IN4OS. The number of aliphatic imine (C=N–C) groups is 1. The first-order valence-electron chi connectivity index (χ1n) is 9.48. The quantitative estimate of drug-likeness (QED) is 0.330. The average molecular weight is 494 g/mol. The molecule has 0 radical (unpaired) electrons. The van der Waals surface area contributed by atoms with E-state index < -0.39 is 0 Å². The zero-order valence-electron chi connectivity index (χ0n) is 16.6. The second-order valence-electron chi connectivity index (χ2n) is 6.63. The lowest BCUT2D eigenvalue weighted by Gasteiger charge is -2.39. The highest BCUT2D eigenvalue weighted by atomic mass is 127. The van der Waals surface area contributed by atoms with Gasteiger partial charge in [0, 0.05) is 37.6 Å². The van der Waals surface area contributed by atoms with Crippen molar-refractivity contribution in [2.75, 3.05) is 39.9 Å². The van der Waals surface area contributed by atoms with Gasteiger partial charge < -0.3 is 15.4 Å². The van der Waals surface area contributed by atoms with E-state index in [1.165, 1.54) is 23.3 Å². The Morgan fingerprint density at radius 1 is 1.27 bits per heavy atom. The second kappa shape index (κ2) is 12.9. The van der Waals surface area contributed by atoms with Crippen LogP contribution in [0.4, 0.5) is 0 Å². The van der Waals surface area contributed by atoms with Crippen LogP contribution in [0.25, 0.3) is 0 Å². The Bertz CT molecular complexity index is 527. The molecule has 2 rings (SSSR count). The average Bonchev–Trinajstić information content (AvgIpc) is 3.06. The summed E-state index contributed by atoms with van der Waals surface area (Å²) in [6.07, 6.45) is 2.42. The highest BCUT2D eigenvalue weighted by Gasteiger charge is 2.26. The Labute approximate surface area is 180 Å². The van der Waals surface area contributed by atoms with Gasteiger partial charge in [-0.1, -0.05) is 26.7 Å². The van der Waals surface area contributed by atoms with Crippen LogP contribution in [0, 0.1) is 12.8 Å². The summed E-state index contributed by atoms with van der Waals surface area (Å²) in [5, 5.41) is 9.15. The summed E-state index contributed by atoms with van der Waals surface area (Å²) in [6.45, 7) is 12.3. The minimum atomic E-state index is 0. The summed E-state index contributed by atoms with van der Waals surface area (Å²) >= 11 is 1.79. The van der Waals surface area contributed by atoms with E-state index in [1.807, 2.05) is 7.05 Å². The number of halogens is 1. The van der Waals surface area contributed by atoms with Gasteiger partial charge in [-0.15, -0.1) is 35.3 Å². The van der Waals surface area contributed by atoms with Crippen LogP contribution in [0.5, 0.6) is 0 Å². The molecule has 1 fully saturated rings. The number of guanidine groups is 1. The molecule has 1 saturated heterocycles. The number of nitrogens with one attached hydrogen (secondary N) is 2. The zero-order chi connectivity index (χ0) is 18.1. The standard InChI is InChI=1S/C19H34N4OS.HI/c1-5-16(6-2)17(23-8-10-24-11-9-23)13-21-19(20-4)22-14-18-15(3)7-12-25-18;/h7,12,16-17H,5-6,8-11,13-14H2,1-4H3,(H2,20,21,22);1H. The number of nitrogens with zero attached hydrogens (tertiary/aromatic N) is 2. The fourth-order valence-electron chi connectivity index (χ4n) is 3.51. The van der Waals surface area contributed by atoms with Gasteiger partial charge in [-0.2, -0.15) is 0 Å². The van der Waals surface area contributed by atoms with Crippen molar-refractivity contribution in [1.29, 1.82) is 0 Å². The molecule has 5 nitrogen and oxygen atoms in total. The van der Waals surface area contributed by atoms with Crippen LogP contribution in [0.3, 0.4) is 0 Å². The molecule has 2 N–H and O–H groups in total. The third kappa shape index (κ3) is 6.98. The van der Waals surface area contributed by atoms with E-state index in [2.05, 4.69) is 52.7 Å². The SMILES string of the molecule is CCC(CC)C(CNC(=NC)NCc1sccc1C)N1CCOCC1.I. The number of hydrogen-bond acceptors (Lipinski definition) is 4. The molecule has 1 aromatic rings. The van der Waals surface area contributed by atoms with Crippen LogP contribution in [-0.2, 0) is 11.3 Å². The number of hydrogen-bond donors (Lipinski definition) is 2. The molecule has 1 aliphatic rings. The third-order valence-electron chi connectivity index (χ3n) is 5.19. The van der Waals surface area contributed by atoms with Gasteiger partial charge in [-0.25, -0.2) is 0 Å². The van der Waals surface area contributed by atoms with Crippen molar-refractivity contribution in [2.24, 2.45) is 10.9 Å². The van der Waals surface area contributed by atoms with Crippen molar-refractivity contribution >= 4 is 41.3 Å². The second-order valence-corrected chi connectivity index (χ2v) is 7.63. The maximum atomic E-state index is 5.54. The highest BCUT2D eigenvalue weighted by molar-refractivity contribution is 14.0. The van der Waals surface area contributed by atoms with E-state index in [0.717, 1.165) is 45.4 Å². The lowest BCUT2D eigenvalue weighted by atomic mass is 9.92. The Kier molecular flexibility index (Phi) is 11.7. The Hall–Kier alpha value is -0.380. The molecule has 150 valence electrons. The summed E-state index contributed by atoms with van der Waals surface area (Å²) in [7, 11) is 1.84. The number of ether oxygens (including phenoxy) is 1. The maximum absolute atomic E-state index is 5.54. The van der Waals surface area contributed by atoms with Crippen LogP contribution in [0.2, 0.25) is 0 Å². The van der Waals surface area contributed by atoms with Gasteiger partial charge in [0.2, 0.25) is 0 Å². The van der Waals surface area contributed by atoms with Crippen LogP contribution in [-0.4, -0.2) is 56.8 Å². The van der Waals surface area contributed by atoms with Gasteiger partial charge >= 0.3 is 0 Å². The van der Waals surface area contributed by atoms with E-state index >= 15 is 0 Å². The first-order chi connectivity index (χ1) is 12.2. The summed E-state index contributed by atoms with van der Waals surface area (Å²) < 4.78 is 5.54. The van der Waals surface area contributed by atoms with Crippen LogP contribution >= 0.6 is 35.3 Å². The first-order valence-corrected chi connectivity index (χ1v) is 10.4. The molecule has 7 heteroatoms. The summed E-state index contributed by atoms with van der Waals surface area (Å²) in [6, 6.07) is 2.69. The minimum Gasteiger partial charge on any atom is -0.379 e. The number of thiophene rings is 1. The molecule has 0 amide bonds. The van der Waals surface area contributed by atoms with Gasteiger partial charge in [-0.3, -0.25) is 9.89 Å². The topological polar surface area (TPSA) is 48.9 Å². The van der Waals surface area contributed by atoms with Gasteiger partial charge in [0.15, 0.2) is 5.96 Å². The molecular weight excluding hydrogens is 459 g/mol. The molecule has 0 bridgehead atoms. The number of aryl methyl sites for hydroxylation is 1. The fourth-order valence-corrected chi connectivity index (χ4v) is 4.35. The Morgan fingerprint density at radius 2 is 1.96 bits per heavy atom. The molecule has 0 spiro atoms. The van der Waals surface area contributed by atoms with Crippen LogP contribution in [0.1, 0.15) is 37.1 Å². The largest absolute Gasteiger partial charge is 0.379 e. The molecule has 0 aliphatic carbocycles. The fraction of sp³-hybridized carbons (Fsp3) is 0.737. The van der Waals surface area contributed by atoms with E-state index in [4.69, 9.17) is 4.74 Å². The van der Waals surface area contributed by atoms with Gasteiger partial charge in [-0.05, 0) is 29.9 Å². The van der Waals surface area contributed by atoms with Gasteiger partial charge in [0.1, 0.15) is 0 Å². The monoisotopic (exact) mass is 494 g/mol. The van der Waals surface area contributed by atoms with E-state index in [1.54, 1.807) is 11.3 Å². The summed E-state index contributed by atoms with van der Waals surface area (Å²) in [4.78, 5) is 8.36. The molecule has 0 saturated carbocycles. The molecule has 1 aromatic heterocycles. The Morgan fingerprint density at radius 3 is 2.50 bits per heavy atom. The van der Waals surface area contributed by atoms with Crippen molar-refractivity contribution in [3.63, 3.8) is 0 Å². The van der Waals surface area contributed by atoms with Crippen molar-refractivity contribution in [2.45, 2.75) is 46.2 Å². The number of morpholine rings is 1. The smallest absolute Gasteiger partial charge is 0.191 e. The first kappa shape index (κ1) is 23.7. The molecule has 1 unspecified atom stereocenters. The lowest BCUT2D eigenvalue weighted by molar-refractivity contribution is 0.00272. The number of rotatable bonds is 8. The van der Waals surface area contributed by atoms with E-state index in [9.17, 15) is 0 Å². The van der Waals surface area contributed by atoms with E-state index in [-0.39, 0.29) is 24.0 Å². The predicted octanol–water partition coefficient (Wildman–Crippen LogP) is 3.48. The van der Waals surface area contributed by atoms with Crippen molar-refractivity contribution in [3.8, 4) is 0 Å². The van der Waals surface area contributed by atoms with Gasteiger partial charge in [0.25, 0.3) is 0 Å². The molecule has 26 heavy (non-hydrogen) atoms. The zero-order valence-corrected chi connectivity index (χ0v) is 19.7. The van der Waals surface area contributed by atoms with E-state index in [0.29, 0.717) is 12.0 Å². The lowest BCUT2D eigenvalue weighted by Crippen LogP contribution is -2.53. The molecule has 1 aliphatic heterocycles.